The molecule has 0 heterocycles. The Hall–Kier alpha value is -0.680. The number of nitrogens with two attached hydrogens (primary N) is 1. The molecule has 0 bridgehead atoms. The summed E-state index contributed by atoms with van der Waals surface area (Å²) in [5.74, 6) is 5.52. The van der Waals surface area contributed by atoms with Crippen molar-refractivity contribution in [1.29, 1.82) is 0 Å². The highest BCUT2D eigenvalue weighted by Gasteiger charge is 2.40. The fraction of sp³-hybridized carbons (Fsp3) is 0.625. The van der Waals surface area contributed by atoms with E-state index in [1.807, 2.05) is 6.92 Å². The third-order valence-electron chi connectivity index (χ3n) is 4.40. The Kier molecular flexibility index (Phi) is 5.99. The van der Waals surface area contributed by atoms with Gasteiger partial charge in [0, 0.05) is 11.6 Å². The van der Waals surface area contributed by atoms with Crippen molar-refractivity contribution >= 4 is 11.6 Å². The van der Waals surface area contributed by atoms with Gasteiger partial charge in [0.1, 0.15) is 5.82 Å². The molecule has 1 aromatic rings. The molecular formula is C16H24ClFN2O. The molecule has 0 amide bonds. The smallest absolute Gasteiger partial charge is 0.126 e. The average molecular weight is 315 g/mol. The molecule has 1 saturated carbocycles. The molecule has 0 aromatic heterocycles. The average Bonchev–Trinajstić information content (AvgIpc) is 2.49. The zero-order valence-electron chi connectivity index (χ0n) is 12.5. The topological polar surface area (TPSA) is 47.3 Å². The van der Waals surface area contributed by atoms with Gasteiger partial charge < -0.3 is 4.74 Å². The van der Waals surface area contributed by atoms with E-state index in [4.69, 9.17) is 22.2 Å². The second-order valence-electron chi connectivity index (χ2n) is 5.72. The minimum absolute atomic E-state index is 0.120. The second kappa shape index (κ2) is 7.54. The number of ether oxygens (including phenoxy) is 1. The fourth-order valence-corrected chi connectivity index (χ4v) is 3.54. The van der Waals surface area contributed by atoms with Crippen molar-refractivity contribution < 1.29 is 9.13 Å². The predicted octanol–water partition coefficient (Wildman–Crippen LogP) is 3.59. The molecule has 3 N–H and O–H groups in total. The van der Waals surface area contributed by atoms with Crippen LogP contribution in [0.4, 0.5) is 4.39 Å². The summed E-state index contributed by atoms with van der Waals surface area (Å²) >= 11 is 5.98. The van der Waals surface area contributed by atoms with Crippen LogP contribution in [0.15, 0.2) is 18.2 Å². The molecule has 0 radical (unpaired) electrons. The van der Waals surface area contributed by atoms with Crippen LogP contribution in [0.5, 0.6) is 0 Å². The van der Waals surface area contributed by atoms with Crippen molar-refractivity contribution in [2.45, 2.75) is 57.1 Å². The van der Waals surface area contributed by atoms with E-state index < -0.39 is 0 Å². The Balaban J connectivity index is 2.22. The maximum Gasteiger partial charge on any atom is 0.126 e. The van der Waals surface area contributed by atoms with Crippen LogP contribution in [-0.4, -0.2) is 18.2 Å². The lowest BCUT2D eigenvalue weighted by Crippen LogP contribution is -2.57. The number of hydrogen-bond donors (Lipinski definition) is 2. The highest BCUT2D eigenvalue weighted by molar-refractivity contribution is 6.30. The Morgan fingerprint density at radius 3 is 2.71 bits per heavy atom. The lowest BCUT2D eigenvalue weighted by atomic mass is 9.77. The highest BCUT2D eigenvalue weighted by atomic mass is 35.5. The van der Waals surface area contributed by atoms with Crippen LogP contribution in [0, 0.1) is 5.82 Å². The van der Waals surface area contributed by atoms with Crippen LogP contribution in [0.3, 0.4) is 0 Å². The second-order valence-corrected chi connectivity index (χ2v) is 6.15. The number of hydrogen-bond acceptors (Lipinski definition) is 3. The van der Waals surface area contributed by atoms with E-state index in [-0.39, 0.29) is 17.5 Å². The van der Waals surface area contributed by atoms with Crippen molar-refractivity contribution in [3.05, 3.63) is 34.6 Å². The molecule has 1 aromatic carbocycles. The lowest BCUT2D eigenvalue weighted by Gasteiger charge is -2.43. The molecule has 0 spiro atoms. The molecule has 1 fully saturated rings. The van der Waals surface area contributed by atoms with E-state index in [1.165, 1.54) is 12.5 Å². The summed E-state index contributed by atoms with van der Waals surface area (Å²) in [4.78, 5) is 0. The van der Waals surface area contributed by atoms with E-state index in [2.05, 4.69) is 5.43 Å². The van der Waals surface area contributed by atoms with Gasteiger partial charge in [0.15, 0.2) is 0 Å². The van der Waals surface area contributed by atoms with Gasteiger partial charge >= 0.3 is 0 Å². The number of hydrazine groups is 1. The number of nitrogens with one attached hydrogen (secondary N) is 1. The summed E-state index contributed by atoms with van der Waals surface area (Å²) < 4.78 is 20.0. The van der Waals surface area contributed by atoms with Crippen molar-refractivity contribution in [3.63, 3.8) is 0 Å². The fourth-order valence-electron chi connectivity index (χ4n) is 3.35. The summed E-state index contributed by atoms with van der Waals surface area (Å²) in [6.45, 7) is 2.63. The predicted molar refractivity (Wildman–Crippen MR) is 83.7 cm³/mol. The molecule has 2 rings (SSSR count). The van der Waals surface area contributed by atoms with E-state index in [1.54, 1.807) is 12.1 Å². The van der Waals surface area contributed by atoms with Gasteiger partial charge in [-0.1, -0.05) is 30.9 Å². The minimum Gasteiger partial charge on any atom is -0.374 e. The molecule has 1 aliphatic carbocycles. The molecule has 118 valence electrons. The van der Waals surface area contributed by atoms with E-state index >= 15 is 0 Å². The molecule has 0 aliphatic heterocycles. The van der Waals surface area contributed by atoms with E-state index in [9.17, 15) is 4.39 Å². The first-order chi connectivity index (χ1) is 10.1. The maximum atomic E-state index is 14.0. The van der Waals surface area contributed by atoms with Crippen LogP contribution >= 0.6 is 11.6 Å². The highest BCUT2D eigenvalue weighted by Crippen LogP contribution is 2.36. The Morgan fingerprint density at radius 1 is 1.38 bits per heavy atom. The summed E-state index contributed by atoms with van der Waals surface area (Å²) in [7, 11) is 0. The van der Waals surface area contributed by atoms with Crippen LogP contribution in [0.1, 0.15) is 44.6 Å². The first-order valence-corrected chi connectivity index (χ1v) is 8.03. The Labute approximate surface area is 131 Å². The first-order valence-electron chi connectivity index (χ1n) is 7.65. The zero-order valence-corrected chi connectivity index (χ0v) is 13.3. The van der Waals surface area contributed by atoms with Crippen LogP contribution in [0.2, 0.25) is 5.02 Å². The van der Waals surface area contributed by atoms with Gasteiger partial charge in [-0.05, 0) is 49.9 Å². The van der Waals surface area contributed by atoms with Gasteiger partial charge in [0.05, 0.1) is 11.6 Å². The van der Waals surface area contributed by atoms with E-state index in [0.29, 0.717) is 23.6 Å². The SMILES string of the molecule is CCOC1(C(Cc2cc(Cl)ccc2F)NN)CCCCC1. The molecule has 0 saturated heterocycles. The quantitative estimate of drug-likeness (QED) is 0.623. The number of halogens is 2. The van der Waals surface area contributed by atoms with Crippen LogP contribution in [0.25, 0.3) is 0 Å². The van der Waals surface area contributed by atoms with Crippen molar-refractivity contribution in [2.75, 3.05) is 6.61 Å². The largest absolute Gasteiger partial charge is 0.374 e. The molecule has 3 nitrogen and oxygen atoms in total. The normalized spacial score (nSPS) is 19.4. The van der Waals surface area contributed by atoms with Gasteiger partial charge in [-0.3, -0.25) is 11.3 Å². The molecule has 1 unspecified atom stereocenters. The van der Waals surface area contributed by atoms with Crippen molar-refractivity contribution in [1.82, 2.24) is 5.43 Å². The van der Waals surface area contributed by atoms with Gasteiger partial charge in [-0.25, -0.2) is 4.39 Å². The maximum absolute atomic E-state index is 14.0. The molecule has 21 heavy (non-hydrogen) atoms. The number of rotatable bonds is 6. The van der Waals surface area contributed by atoms with E-state index in [0.717, 1.165) is 25.7 Å². The first kappa shape index (κ1) is 16.7. The van der Waals surface area contributed by atoms with Crippen molar-refractivity contribution in [2.24, 2.45) is 5.84 Å². The Morgan fingerprint density at radius 2 is 2.10 bits per heavy atom. The summed E-state index contributed by atoms with van der Waals surface area (Å²) in [6, 6.07) is 4.51. The third-order valence-corrected chi connectivity index (χ3v) is 4.63. The van der Waals surface area contributed by atoms with Gasteiger partial charge in [-0.2, -0.15) is 0 Å². The van der Waals surface area contributed by atoms with Gasteiger partial charge in [-0.15, -0.1) is 0 Å². The minimum atomic E-state index is -0.309. The molecular weight excluding hydrogens is 291 g/mol. The summed E-state index contributed by atoms with van der Waals surface area (Å²) in [5, 5.41) is 0.538. The third kappa shape index (κ3) is 3.95. The Bertz CT molecular complexity index is 458. The molecule has 1 atom stereocenters. The van der Waals surface area contributed by atoms with Gasteiger partial charge in [0.2, 0.25) is 0 Å². The molecule has 1 aliphatic rings. The van der Waals surface area contributed by atoms with Crippen molar-refractivity contribution in [3.8, 4) is 0 Å². The number of benzene rings is 1. The van der Waals surface area contributed by atoms with Crippen LogP contribution < -0.4 is 11.3 Å². The summed E-state index contributed by atoms with van der Waals surface area (Å²) in [6.07, 6.45) is 5.85. The lowest BCUT2D eigenvalue weighted by molar-refractivity contribution is -0.0899. The molecule has 5 heteroatoms. The summed E-state index contributed by atoms with van der Waals surface area (Å²) in [5.41, 5.74) is 3.13. The van der Waals surface area contributed by atoms with Gasteiger partial charge in [0.25, 0.3) is 0 Å². The van der Waals surface area contributed by atoms with Crippen LogP contribution in [-0.2, 0) is 11.2 Å². The monoisotopic (exact) mass is 314 g/mol. The zero-order chi connectivity index (χ0) is 15.3. The standard InChI is InChI=1S/C16H24ClFN2O/c1-2-21-16(8-4-3-5-9-16)15(20-19)11-12-10-13(17)6-7-14(12)18/h6-7,10,15,20H,2-5,8-9,11,19H2,1H3.